The van der Waals surface area contributed by atoms with E-state index >= 15 is 0 Å². The molecule has 1 atom stereocenters. The van der Waals surface area contributed by atoms with Crippen molar-refractivity contribution in [3.63, 3.8) is 0 Å². The number of nitrogens with two attached hydrogens (primary N) is 1. The van der Waals surface area contributed by atoms with Crippen LogP contribution in [0.2, 0.25) is 0 Å². The van der Waals surface area contributed by atoms with Crippen LogP contribution in [0.15, 0.2) is 5.16 Å². The Morgan fingerprint density at radius 2 is 2.31 bits per heavy atom. The third-order valence-electron chi connectivity index (χ3n) is 3.09. The lowest BCUT2D eigenvalue weighted by Crippen LogP contribution is -2.32. The fourth-order valence-corrected chi connectivity index (χ4v) is 1.94. The van der Waals surface area contributed by atoms with Gasteiger partial charge in [-0.1, -0.05) is 12.1 Å². The Balaban J connectivity index is 2.17. The van der Waals surface area contributed by atoms with Crippen molar-refractivity contribution in [2.45, 2.75) is 26.2 Å². The van der Waals surface area contributed by atoms with Crippen molar-refractivity contribution in [1.29, 1.82) is 0 Å². The first-order chi connectivity index (χ1) is 7.62. The lowest BCUT2D eigenvalue weighted by Gasteiger charge is -2.17. The molecule has 1 aliphatic rings. The summed E-state index contributed by atoms with van der Waals surface area (Å²) in [5.41, 5.74) is 5.77. The van der Waals surface area contributed by atoms with E-state index in [1.165, 1.54) is 0 Å². The fraction of sp³-hybridized carbons (Fsp3) is 0.909. The summed E-state index contributed by atoms with van der Waals surface area (Å²) in [6.45, 7) is 4.82. The van der Waals surface area contributed by atoms with Crippen LogP contribution in [0.3, 0.4) is 0 Å². The predicted octanol–water partition coefficient (Wildman–Crippen LogP) is 0.775. The Morgan fingerprint density at radius 1 is 1.62 bits per heavy atom. The van der Waals surface area contributed by atoms with Gasteiger partial charge in [0.05, 0.1) is 0 Å². The molecule has 0 radical (unpaired) electrons. The Bertz CT molecular complexity index is 239. The van der Waals surface area contributed by atoms with Gasteiger partial charge in [-0.05, 0) is 30.7 Å². The summed E-state index contributed by atoms with van der Waals surface area (Å²) in [6.07, 6.45) is 3.01. The summed E-state index contributed by atoms with van der Waals surface area (Å²) in [5.74, 6) is 0.855. The van der Waals surface area contributed by atoms with Crippen LogP contribution in [0.5, 0.6) is 0 Å². The lowest BCUT2D eigenvalue weighted by atomic mass is 10.0. The number of oxime groups is 1. The summed E-state index contributed by atoms with van der Waals surface area (Å²) < 4.78 is 5.07. The fourth-order valence-electron chi connectivity index (χ4n) is 1.94. The first kappa shape index (κ1) is 13.3. The van der Waals surface area contributed by atoms with Crippen LogP contribution in [0.1, 0.15) is 26.2 Å². The van der Waals surface area contributed by atoms with Crippen molar-refractivity contribution in [2.24, 2.45) is 22.2 Å². The van der Waals surface area contributed by atoms with Gasteiger partial charge in [-0.2, -0.15) is 0 Å². The average molecular weight is 229 g/mol. The molecule has 0 amide bonds. The standard InChI is InChI=1S/C11H23N3O2/c1-9(7-16-2)6-13-8-11(3-4-11)5-10(12)14-15/h9,13,15H,3-8H2,1-2H3,(H2,12,14). The molecule has 4 N–H and O–H groups in total. The highest BCUT2D eigenvalue weighted by Gasteiger charge is 2.42. The van der Waals surface area contributed by atoms with Gasteiger partial charge in [-0.3, -0.25) is 0 Å². The number of ether oxygens (including phenoxy) is 1. The van der Waals surface area contributed by atoms with Crippen LogP contribution in [0.25, 0.3) is 0 Å². The van der Waals surface area contributed by atoms with Gasteiger partial charge in [0.15, 0.2) is 0 Å². The number of amidine groups is 1. The number of nitrogens with one attached hydrogen (secondary N) is 1. The zero-order valence-electron chi connectivity index (χ0n) is 10.2. The van der Waals surface area contributed by atoms with Gasteiger partial charge < -0.3 is 21.0 Å². The molecule has 0 aromatic carbocycles. The molecule has 0 spiro atoms. The second-order valence-electron chi connectivity index (χ2n) is 4.96. The maximum Gasteiger partial charge on any atom is 0.139 e. The monoisotopic (exact) mass is 229 g/mol. The molecule has 94 valence electrons. The highest BCUT2D eigenvalue weighted by Crippen LogP contribution is 2.48. The first-order valence-electron chi connectivity index (χ1n) is 5.78. The molecular formula is C11H23N3O2. The van der Waals surface area contributed by atoms with Gasteiger partial charge in [0.25, 0.3) is 0 Å². The van der Waals surface area contributed by atoms with Crippen LogP contribution in [0.4, 0.5) is 0 Å². The predicted molar refractivity (Wildman–Crippen MR) is 63.6 cm³/mol. The largest absolute Gasteiger partial charge is 0.409 e. The summed E-state index contributed by atoms with van der Waals surface area (Å²) >= 11 is 0. The second-order valence-corrected chi connectivity index (χ2v) is 4.96. The summed E-state index contributed by atoms with van der Waals surface area (Å²) in [5, 5.41) is 15.0. The SMILES string of the molecule is COCC(C)CNCC1(CC(N)=NO)CC1. The topological polar surface area (TPSA) is 79.9 Å². The third-order valence-corrected chi connectivity index (χ3v) is 3.09. The van der Waals surface area contributed by atoms with E-state index in [0.29, 0.717) is 18.2 Å². The molecule has 5 nitrogen and oxygen atoms in total. The van der Waals surface area contributed by atoms with E-state index in [1.54, 1.807) is 7.11 Å². The minimum Gasteiger partial charge on any atom is -0.409 e. The maximum atomic E-state index is 8.54. The van der Waals surface area contributed by atoms with Crippen LogP contribution in [-0.4, -0.2) is 37.8 Å². The quantitative estimate of drug-likeness (QED) is 0.249. The minimum absolute atomic E-state index is 0.239. The molecule has 0 bridgehead atoms. The molecule has 0 saturated heterocycles. The Kier molecular flexibility index (Phi) is 5.02. The zero-order chi connectivity index (χ0) is 12.0. The number of hydrogen-bond acceptors (Lipinski definition) is 4. The van der Waals surface area contributed by atoms with Gasteiger partial charge in [-0.25, -0.2) is 0 Å². The molecule has 0 aromatic heterocycles. The van der Waals surface area contributed by atoms with Crippen molar-refractivity contribution >= 4 is 5.84 Å². The summed E-state index contributed by atoms with van der Waals surface area (Å²) in [6, 6.07) is 0. The number of methoxy groups -OCH3 is 1. The van der Waals surface area contributed by atoms with E-state index in [4.69, 9.17) is 15.7 Å². The van der Waals surface area contributed by atoms with Crippen molar-refractivity contribution in [2.75, 3.05) is 26.8 Å². The van der Waals surface area contributed by atoms with Crippen LogP contribution in [-0.2, 0) is 4.74 Å². The maximum absolute atomic E-state index is 8.54. The molecule has 16 heavy (non-hydrogen) atoms. The zero-order valence-corrected chi connectivity index (χ0v) is 10.2. The molecule has 0 aliphatic heterocycles. The number of hydrogen-bond donors (Lipinski definition) is 3. The molecule has 1 rings (SSSR count). The summed E-state index contributed by atoms with van der Waals surface area (Å²) in [4.78, 5) is 0. The molecular weight excluding hydrogens is 206 g/mol. The van der Waals surface area contributed by atoms with Crippen molar-refractivity contribution in [3.8, 4) is 0 Å². The molecule has 1 fully saturated rings. The number of nitrogens with zero attached hydrogens (tertiary/aromatic N) is 1. The van der Waals surface area contributed by atoms with Crippen molar-refractivity contribution in [1.82, 2.24) is 5.32 Å². The average Bonchev–Trinajstić information content (AvgIpc) is 2.98. The van der Waals surface area contributed by atoms with E-state index in [0.717, 1.165) is 32.5 Å². The smallest absolute Gasteiger partial charge is 0.139 e. The second kappa shape index (κ2) is 6.06. The summed E-state index contributed by atoms with van der Waals surface area (Å²) in [7, 11) is 1.72. The molecule has 0 heterocycles. The van der Waals surface area contributed by atoms with Gasteiger partial charge >= 0.3 is 0 Å². The van der Waals surface area contributed by atoms with Crippen LogP contribution >= 0.6 is 0 Å². The molecule has 1 saturated carbocycles. The van der Waals surface area contributed by atoms with E-state index in [9.17, 15) is 0 Å². The third kappa shape index (κ3) is 4.37. The van der Waals surface area contributed by atoms with Crippen LogP contribution < -0.4 is 11.1 Å². The lowest BCUT2D eigenvalue weighted by molar-refractivity contribution is 0.157. The van der Waals surface area contributed by atoms with Crippen molar-refractivity contribution in [3.05, 3.63) is 0 Å². The normalized spacial score (nSPS) is 20.8. The molecule has 1 aliphatic carbocycles. The van der Waals surface area contributed by atoms with E-state index in [1.807, 2.05) is 0 Å². The van der Waals surface area contributed by atoms with Gasteiger partial charge in [0.2, 0.25) is 0 Å². The minimum atomic E-state index is 0.239. The Morgan fingerprint density at radius 3 is 2.81 bits per heavy atom. The Labute approximate surface area is 97.0 Å². The highest BCUT2D eigenvalue weighted by molar-refractivity contribution is 5.80. The van der Waals surface area contributed by atoms with Crippen molar-refractivity contribution < 1.29 is 9.94 Å². The Hall–Kier alpha value is -0.810. The highest BCUT2D eigenvalue weighted by atomic mass is 16.5. The molecule has 1 unspecified atom stereocenters. The first-order valence-corrected chi connectivity index (χ1v) is 5.78. The van der Waals surface area contributed by atoms with E-state index < -0.39 is 0 Å². The molecule has 0 aromatic rings. The number of rotatable bonds is 8. The van der Waals surface area contributed by atoms with E-state index in [2.05, 4.69) is 17.4 Å². The van der Waals surface area contributed by atoms with Gasteiger partial charge in [-0.15, -0.1) is 0 Å². The van der Waals surface area contributed by atoms with Gasteiger partial charge in [0.1, 0.15) is 5.84 Å². The molecule has 5 heteroatoms. The van der Waals surface area contributed by atoms with Gasteiger partial charge in [0, 0.05) is 26.7 Å². The van der Waals surface area contributed by atoms with Crippen LogP contribution in [0, 0.1) is 11.3 Å². The van der Waals surface area contributed by atoms with E-state index in [-0.39, 0.29) is 5.41 Å².